The molecular formula is C19H17ClN2O4S. The number of methoxy groups -OCH3 is 2. The number of ketones is 1. The van der Waals surface area contributed by atoms with Crippen molar-refractivity contribution in [2.75, 3.05) is 14.2 Å². The van der Waals surface area contributed by atoms with Crippen LogP contribution in [-0.2, 0) is 0 Å². The number of hydrogen-bond donors (Lipinski definition) is 0. The maximum atomic E-state index is 12.5. The number of hydrogen-bond acceptors (Lipinski definition) is 7. The van der Waals surface area contributed by atoms with Crippen molar-refractivity contribution in [1.29, 1.82) is 0 Å². The molecular weight excluding hydrogens is 388 g/mol. The minimum atomic E-state index is -0.384. The highest BCUT2D eigenvalue weighted by molar-refractivity contribution is 8.00. The molecule has 3 aromatic rings. The molecule has 0 saturated carbocycles. The smallest absolute Gasteiger partial charge is 0.277 e. The van der Waals surface area contributed by atoms with Crippen molar-refractivity contribution in [3.63, 3.8) is 0 Å². The second kappa shape index (κ2) is 8.45. The van der Waals surface area contributed by atoms with Crippen molar-refractivity contribution >= 4 is 29.1 Å². The third-order valence-electron chi connectivity index (χ3n) is 3.81. The van der Waals surface area contributed by atoms with E-state index in [-0.39, 0.29) is 11.0 Å². The quantitative estimate of drug-likeness (QED) is 0.414. The van der Waals surface area contributed by atoms with Crippen LogP contribution < -0.4 is 9.47 Å². The minimum Gasteiger partial charge on any atom is -0.493 e. The maximum Gasteiger partial charge on any atom is 0.277 e. The molecule has 0 N–H and O–H groups in total. The number of rotatable bonds is 7. The van der Waals surface area contributed by atoms with Crippen molar-refractivity contribution in [2.24, 2.45) is 0 Å². The number of halogens is 1. The van der Waals surface area contributed by atoms with Gasteiger partial charge in [-0.05, 0) is 49.4 Å². The average Bonchev–Trinajstić information content (AvgIpc) is 3.15. The molecule has 1 heterocycles. The second-order valence-corrected chi connectivity index (χ2v) is 7.30. The summed E-state index contributed by atoms with van der Waals surface area (Å²) in [6.45, 7) is 1.79. The molecule has 2 aromatic carbocycles. The molecule has 0 aliphatic rings. The fraction of sp³-hybridized carbons (Fsp3) is 0.211. The van der Waals surface area contributed by atoms with Crippen LogP contribution in [0.1, 0.15) is 17.3 Å². The topological polar surface area (TPSA) is 74.5 Å². The van der Waals surface area contributed by atoms with Crippen LogP contribution in [0.3, 0.4) is 0 Å². The molecule has 27 heavy (non-hydrogen) atoms. The van der Waals surface area contributed by atoms with Crippen LogP contribution in [0.4, 0.5) is 0 Å². The molecule has 1 atom stereocenters. The highest BCUT2D eigenvalue weighted by atomic mass is 35.5. The van der Waals surface area contributed by atoms with E-state index in [9.17, 15) is 4.79 Å². The number of aromatic nitrogens is 2. The highest BCUT2D eigenvalue weighted by Gasteiger charge is 2.20. The first-order chi connectivity index (χ1) is 13.0. The molecule has 6 nitrogen and oxygen atoms in total. The summed E-state index contributed by atoms with van der Waals surface area (Å²) in [6, 6.07) is 12.1. The van der Waals surface area contributed by atoms with Gasteiger partial charge >= 0.3 is 0 Å². The molecule has 0 saturated heterocycles. The van der Waals surface area contributed by atoms with Gasteiger partial charge in [-0.2, -0.15) is 0 Å². The van der Waals surface area contributed by atoms with E-state index in [1.165, 1.54) is 11.8 Å². The first-order valence-corrected chi connectivity index (χ1v) is 9.30. The summed E-state index contributed by atoms with van der Waals surface area (Å²) < 4.78 is 16.2. The van der Waals surface area contributed by atoms with E-state index in [4.69, 9.17) is 25.5 Å². The first kappa shape index (κ1) is 19.3. The van der Waals surface area contributed by atoms with Gasteiger partial charge in [-0.15, -0.1) is 10.2 Å². The van der Waals surface area contributed by atoms with E-state index < -0.39 is 0 Å². The third-order valence-corrected chi connectivity index (χ3v) is 5.00. The van der Waals surface area contributed by atoms with E-state index >= 15 is 0 Å². The van der Waals surface area contributed by atoms with Gasteiger partial charge < -0.3 is 13.9 Å². The predicted molar refractivity (Wildman–Crippen MR) is 104 cm³/mol. The van der Waals surface area contributed by atoms with Gasteiger partial charge in [0.15, 0.2) is 17.3 Å². The van der Waals surface area contributed by atoms with Crippen molar-refractivity contribution in [3.05, 3.63) is 53.1 Å². The fourth-order valence-corrected chi connectivity index (χ4v) is 3.28. The molecule has 8 heteroatoms. The Labute approximate surface area is 165 Å². The Kier molecular flexibility index (Phi) is 6.03. The SMILES string of the molecule is COc1ccc(-c2nnc(SC(C)C(=O)c3ccc(Cl)cc3)o2)cc1OC. The molecule has 0 aliphatic heterocycles. The average molecular weight is 405 g/mol. The summed E-state index contributed by atoms with van der Waals surface area (Å²) >= 11 is 7.07. The molecule has 0 fully saturated rings. The molecule has 140 valence electrons. The lowest BCUT2D eigenvalue weighted by Gasteiger charge is -2.08. The molecule has 1 unspecified atom stereocenters. The Morgan fingerprint density at radius 2 is 1.78 bits per heavy atom. The van der Waals surface area contributed by atoms with E-state index in [0.717, 1.165) is 0 Å². The van der Waals surface area contributed by atoms with Gasteiger partial charge in [0.25, 0.3) is 5.22 Å². The minimum absolute atomic E-state index is 0.0393. The van der Waals surface area contributed by atoms with Gasteiger partial charge in [0.05, 0.1) is 19.5 Å². The predicted octanol–water partition coefficient (Wildman–Crippen LogP) is 4.77. The van der Waals surface area contributed by atoms with Crippen LogP contribution in [0.2, 0.25) is 5.02 Å². The zero-order valence-electron chi connectivity index (χ0n) is 14.9. The molecule has 0 radical (unpaired) electrons. The number of Topliss-reactive ketones (excluding diaryl/α,β-unsaturated/α-hetero) is 1. The largest absolute Gasteiger partial charge is 0.493 e. The number of ether oxygens (including phenoxy) is 2. The van der Waals surface area contributed by atoms with Crippen molar-refractivity contribution < 1.29 is 18.7 Å². The van der Waals surface area contributed by atoms with E-state index in [1.807, 2.05) is 0 Å². The lowest BCUT2D eigenvalue weighted by molar-refractivity contribution is 0.0993. The van der Waals surface area contributed by atoms with Crippen LogP contribution in [0.5, 0.6) is 11.5 Å². The summed E-state index contributed by atoms with van der Waals surface area (Å²) in [4.78, 5) is 12.5. The van der Waals surface area contributed by atoms with Gasteiger partial charge in [0.1, 0.15) is 0 Å². The first-order valence-electron chi connectivity index (χ1n) is 8.04. The molecule has 0 aliphatic carbocycles. The van der Waals surface area contributed by atoms with Crippen LogP contribution in [0.25, 0.3) is 11.5 Å². The lowest BCUT2D eigenvalue weighted by atomic mass is 10.1. The Bertz CT molecular complexity index is 943. The normalized spacial score (nSPS) is 11.9. The summed E-state index contributed by atoms with van der Waals surface area (Å²) in [7, 11) is 3.12. The number of benzene rings is 2. The monoisotopic (exact) mass is 404 g/mol. The Morgan fingerprint density at radius 3 is 2.44 bits per heavy atom. The molecule has 0 amide bonds. The molecule has 1 aromatic heterocycles. The zero-order valence-corrected chi connectivity index (χ0v) is 16.5. The van der Waals surface area contributed by atoms with Crippen LogP contribution in [-0.4, -0.2) is 35.5 Å². The van der Waals surface area contributed by atoms with E-state index in [2.05, 4.69) is 10.2 Å². The van der Waals surface area contributed by atoms with Gasteiger partial charge in [-0.25, -0.2) is 0 Å². The number of carbonyl (C=O) groups excluding carboxylic acids is 1. The zero-order chi connectivity index (χ0) is 19.4. The van der Waals surface area contributed by atoms with Gasteiger partial charge in [0, 0.05) is 16.1 Å². The Balaban J connectivity index is 1.74. The van der Waals surface area contributed by atoms with Crippen LogP contribution in [0.15, 0.2) is 52.1 Å². The Hall–Kier alpha value is -2.51. The van der Waals surface area contributed by atoms with Crippen molar-refractivity contribution in [2.45, 2.75) is 17.4 Å². The fourth-order valence-electron chi connectivity index (χ4n) is 2.40. The summed E-state index contributed by atoms with van der Waals surface area (Å²) in [6.07, 6.45) is 0. The van der Waals surface area contributed by atoms with Crippen molar-refractivity contribution in [1.82, 2.24) is 10.2 Å². The van der Waals surface area contributed by atoms with E-state index in [1.54, 1.807) is 63.6 Å². The molecule has 0 bridgehead atoms. The van der Waals surface area contributed by atoms with Gasteiger partial charge in [0.2, 0.25) is 5.89 Å². The summed E-state index contributed by atoms with van der Waals surface area (Å²) in [5.74, 6) is 1.47. The van der Waals surface area contributed by atoms with Gasteiger partial charge in [-0.1, -0.05) is 23.4 Å². The summed E-state index contributed by atoms with van der Waals surface area (Å²) in [5.41, 5.74) is 1.28. The lowest BCUT2D eigenvalue weighted by Crippen LogP contribution is -2.13. The van der Waals surface area contributed by atoms with Crippen LogP contribution in [0, 0.1) is 0 Å². The number of carbonyl (C=O) groups is 1. The standard InChI is InChI=1S/C19H17ClN2O4S/c1-11(17(23)12-4-7-14(20)8-5-12)27-19-22-21-18(26-19)13-6-9-15(24-2)16(10-13)25-3/h4-11H,1-3H3. The number of nitrogens with zero attached hydrogens (tertiary/aromatic N) is 2. The number of thioether (sulfide) groups is 1. The maximum absolute atomic E-state index is 12.5. The third kappa shape index (κ3) is 4.43. The van der Waals surface area contributed by atoms with Crippen molar-refractivity contribution in [3.8, 4) is 23.0 Å². The van der Waals surface area contributed by atoms with Crippen LogP contribution >= 0.6 is 23.4 Å². The molecule has 0 spiro atoms. The van der Waals surface area contributed by atoms with E-state index in [0.29, 0.717) is 38.8 Å². The summed E-state index contributed by atoms with van der Waals surface area (Å²) in [5, 5.41) is 8.59. The highest BCUT2D eigenvalue weighted by Crippen LogP contribution is 2.33. The second-order valence-electron chi connectivity index (χ2n) is 5.57. The molecule has 3 rings (SSSR count). The Morgan fingerprint density at radius 1 is 1.07 bits per heavy atom. The van der Waals surface area contributed by atoms with Gasteiger partial charge in [-0.3, -0.25) is 4.79 Å².